The summed E-state index contributed by atoms with van der Waals surface area (Å²) in [7, 11) is 0. The molecular weight excluding hydrogens is 317 g/mol. The summed E-state index contributed by atoms with van der Waals surface area (Å²) in [6.45, 7) is 5.94. The van der Waals surface area contributed by atoms with E-state index in [0.717, 1.165) is 5.69 Å². The molecule has 16 heavy (non-hydrogen) atoms. The Labute approximate surface area is 111 Å². The molecule has 4 heteroatoms. The molecule has 0 saturated carbocycles. The molecule has 1 aromatic rings. The molecule has 0 heterocycles. The van der Waals surface area contributed by atoms with E-state index in [1.165, 1.54) is 3.57 Å². The Balaban J connectivity index is 2.38. The van der Waals surface area contributed by atoms with Crippen molar-refractivity contribution in [2.75, 3.05) is 25.1 Å². The normalized spacial score (nSPS) is 10.8. The van der Waals surface area contributed by atoms with Crippen molar-refractivity contribution in [3.05, 3.63) is 27.8 Å². The highest BCUT2D eigenvalue weighted by molar-refractivity contribution is 14.1. The molecule has 90 valence electrons. The lowest BCUT2D eigenvalue weighted by atomic mass is 10.3. The number of anilines is 1. The summed E-state index contributed by atoms with van der Waals surface area (Å²) in [6, 6.07) is 8.24. The van der Waals surface area contributed by atoms with Crippen molar-refractivity contribution in [2.45, 2.75) is 20.1 Å². The van der Waals surface area contributed by atoms with Crippen LogP contribution in [0.25, 0.3) is 0 Å². The van der Waals surface area contributed by atoms with Crippen LogP contribution in [0.2, 0.25) is 0 Å². The van der Waals surface area contributed by atoms with Gasteiger partial charge in [0, 0.05) is 22.5 Å². The van der Waals surface area contributed by atoms with Crippen LogP contribution in [0, 0.1) is 3.57 Å². The fourth-order valence-corrected chi connectivity index (χ4v) is 1.67. The third-order valence-electron chi connectivity index (χ3n) is 2.02. The van der Waals surface area contributed by atoms with E-state index in [1.807, 2.05) is 13.8 Å². The molecule has 0 saturated heterocycles. The quantitative estimate of drug-likeness (QED) is 0.614. The average molecular weight is 335 g/mol. The van der Waals surface area contributed by atoms with Gasteiger partial charge in [-0.1, -0.05) is 0 Å². The topological polar surface area (TPSA) is 30.5 Å². The van der Waals surface area contributed by atoms with E-state index in [0.29, 0.717) is 19.8 Å². The lowest BCUT2D eigenvalue weighted by Crippen LogP contribution is -2.26. The van der Waals surface area contributed by atoms with E-state index in [4.69, 9.17) is 9.47 Å². The molecule has 0 aromatic heterocycles. The number of rotatable bonds is 7. The van der Waals surface area contributed by atoms with Crippen molar-refractivity contribution in [2.24, 2.45) is 0 Å². The number of hydrogen-bond acceptors (Lipinski definition) is 3. The maximum absolute atomic E-state index is 5.44. The second-order valence-corrected chi connectivity index (χ2v) is 4.47. The SMILES string of the molecule is CCOC(CNc1ccc(I)cc1)OCC. The van der Waals surface area contributed by atoms with Crippen LogP contribution >= 0.6 is 22.6 Å². The van der Waals surface area contributed by atoms with Gasteiger partial charge in [-0.15, -0.1) is 0 Å². The average Bonchev–Trinajstić information content (AvgIpc) is 2.29. The lowest BCUT2D eigenvalue weighted by molar-refractivity contribution is -0.126. The van der Waals surface area contributed by atoms with Crippen molar-refractivity contribution in [1.29, 1.82) is 0 Å². The lowest BCUT2D eigenvalue weighted by Gasteiger charge is -2.18. The predicted molar refractivity (Wildman–Crippen MR) is 74.7 cm³/mol. The highest BCUT2D eigenvalue weighted by Crippen LogP contribution is 2.11. The highest BCUT2D eigenvalue weighted by Gasteiger charge is 2.06. The van der Waals surface area contributed by atoms with Crippen molar-refractivity contribution >= 4 is 28.3 Å². The molecule has 0 radical (unpaired) electrons. The van der Waals surface area contributed by atoms with Gasteiger partial charge in [0.05, 0.1) is 6.54 Å². The zero-order valence-corrected chi connectivity index (χ0v) is 11.9. The summed E-state index contributed by atoms with van der Waals surface area (Å²) < 4.78 is 12.1. The van der Waals surface area contributed by atoms with Gasteiger partial charge in [-0.3, -0.25) is 0 Å². The van der Waals surface area contributed by atoms with Gasteiger partial charge in [-0.25, -0.2) is 0 Å². The molecule has 1 aromatic carbocycles. The minimum atomic E-state index is -0.172. The van der Waals surface area contributed by atoms with Gasteiger partial charge >= 0.3 is 0 Å². The molecular formula is C12H18INO2. The number of nitrogens with one attached hydrogen (secondary N) is 1. The molecule has 0 spiro atoms. The Hall–Kier alpha value is -0.330. The van der Waals surface area contributed by atoms with E-state index in [9.17, 15) is 0 Å². The first-order valence-corrected chi connectivity index (χ1v) is 6.56. The summed E-state index contributed by atoms with van der Waals surface area (Å²) in [4.78, 5) is 0. The smallest absolute Gasteiger partial charge is 0.174 e. The largest absolute Gasteiger partial charge is 0.380 e. The van der Waals surface area contributed by atoms with E-state index in [2.05, 4.69) is 52.2 Å². The first kappa shape index (κ1) is 13.7. The van der Waals surface area contributed by atoms with Gasteiger partial charge in [0.25, 0.3) is 0 Å². The van der Waals surface area contributed by atoms with Crippen LogP contribution in [0.1, 0.15) is 13.8 Å². The second-order valence-electron chi connectivity index (χ2n) is 3.23. The van der Waals surface area contributed by atoms with Crippen LogP contribution in [0.5, 0.6) is 0 Å². The zero-order chi connectivity index (χ0) is 11.8. The maximum Gasteiger partial charge on any atom is 0.174 e. The minimum absolute atomic E-state index is 0.172. The molecule has 0 amide bonds. The third kappa shape index (κ3) is 5.14. The summed E-state index contributed by atoms with van der Waals surface area (Å²) in [5.41, 5.74) is 1.09. The van der Waals surface area contributed by atoms with Crippen LogP contribution in [-0.2, 0) is 9.47 Å². The zero-order valence-electron chi connectivity index (χ0n) is 9.70. The Morgan fingerprint density at radius 2 is 1.69 bits per heavy atom. The van der Waals surface area contributed by atoms with Crippen LogP contribution < -0.4 is 5.32 Å². The van der Waals surface area contributed by atoms with Gasteiger partial charge in [-0.2, -0.15) is 0 Å². The van der Waals surface area contributed by atoms with Crippen molar-refractivity contribution in [3.63, 3.8) is 0 Å². The molecule has 1 rings (SSSR count). The fourth-order valence-electron chi connectivity index (χ4n) is 1.31. The summed E-state index contributed by atoms with van der Waals surface area (Å²) in [6.07, 6.45) is -0.172. The van der Waals surface area contributed by atoms with Crippen LogP contribution in [0.15, 0.2) is 24.3 Å². The van der Waals surface area contributed by atoms with Gasteiger partial charge in [0.1, 0.15) is 0 Å². The molecule has 0 aliphatic rings. The molecule has 3 nitrogen and oxygen atoms in total. The van der Waals surface area contributed by atoms with Crippen LogP contribution in [-0.4, -0.2) is 26.0 Å². The molecule has 0 unspecified atom stereocenters. The Morgan fingerprint density at radius 3 is 2.19 bits per heavy atom. The summed E-state index contributed by atoms with van der Waals surface area (Å²) in [5.74, 6) is 0. The maximum atomic E-state index is 5.44. The van der Waals surface area contributed by atoms with E-state index < -0.39 is 0 Å². The Kier molecular flexibility index (Phi) is 6.75. The van der Waals surface area contributed by atoms with Crippen molar-refractivity contribution in [1.82, 2.24) is 0 Å². The van der Waals surface area contributed by atoms with E-state index >= 15 is 0 Å². The second kappa shape index (κ2) is 7.86. The number of ether oxygens (including phenoxy) is 2. The fraction of sp³-hybridized carbons (Fsp3) is 0.500. The molecule has 0 aliphatic carbocycles. The molecule has 1 N–H and O–H groups in total. The first-order valence-electron chi connectivity index (χ1n) is 5.49. The van der Waals surface area contributed by atoms with Gasteiger partial charge in [0.15, 0.2) is 6.29 Å². The Morgan fingerprint density at radius 1 is 1.12 bits per heavy atom. The minimum Gasteiger partial charge on any atom is -0.380 e. The van der Waals surface area contributed by atoms with Gasteiger partial charge < -0.3 is 14.8 Å². The Bertz CT molecular complexity index is 284. The van der Waals surface area contributed by atoms with Crippen LogP contribution in [0.4, 0.5) is 5.69 Å². The molecule has 0 atom stereocenters. The number of hydrogen-bond donors (Lipinski definition) is 1. The number of benzene rings is 1. The van der Waals surface area contributed by atoms with Crippen molar-refractivity contribution in [3.8, 4) is 0 Å². The predicted octanol–water partition coefficient (Wildman–Crippen LogP) is 3.10. The first-order chi connectivity index (χ1) is 7.76. The highest BCUT2D eigenvalue weighted by atomic mass is 127. The van der Waals surface area contributed by atoms with E-state index in [1.54, 1.807) is 0 Å². The molecule has 0 aliphatic heterocycles. The van der Waals surface area contributed by atoms with Crippen molar-refractivity contribution < 1.29 is 9.47 Å². The number of halogens is 1. The summed E-state index contributed by atoms with van der Waals surface area (Å²) in [5, 5.41) is 3.29. The van der Waals surface area contributed by atoms with Crippen LogP contribution in [0.3, 0.4) is 0 Å². The van der Waals surface area contributed by atoms with Gasteiger partial charge in [-0.05, 0) is 60.7 Å². The molecule has 0 bridgehead atoms. The standard InChI is InChI=1S/C12H18INO2/c1-3-15-12(16-4-2)9-14-11-7-5-10(13)6-8-11/h5-8,12,14H,3-4,9H2,1-2H3. The third-order valence-corrected chi connectivity index (χ3v) is 2.74. The molecule has 0 fully saturated rings. The summed E-state index contributed by atoms with van der Waals surface area (Å²) >= 11 is 2.29. The van der Waals surface area contributed by atoms with E-state index in [-0.39, 0.29) is 6.29 Å². The monoisotopic (exact) mass is 335 g/mol. The van der Waals surface area contributed by atoms with Gasteiger partial charge in [0.2, 0.25) is 0 Å².